The average Bonchev–Trinajstić information content (AvgIpc) is 2.74. The summed E-state index contributed by atoms with van der Waals surface area (Å²) in [5.41, 5.74) is 1.37. The lowest BCUT2D eigenvalue weighted by atomic mass is 9.97. The second kappa shape index (κ2) is 10.5. The molecule has 1 aliphatic rings. The second-order valence-electron chi connectivity index (χ2n) is 7.29. The lowest BCUT2D eigenvalue weighted by molar-refractivity contribution is 0.177. The van der Waals surface area contributed by atoms with Crippen LogP contribution in [0.25, 0.3) is 0 Å². The first-order chi connectivity index (χ1) is 14.0. The molecule has 0 unspecified atom stereocenters. The lowest BCUT2D eigenvalue weighted by Crippen LogP contribution is -2.38. The van der Waals surface area contributed by atoms with Crippen LogP contribution in [0.5, 0.6) is 5.75 Å². The summed E-state index contributed by atoms with van der Waals surface area (Å²) in [5.74, 6) is 1.06. The Bertz CT molecular complexity index is 877. The molecular formula is C22H30N2O3S2. The highest BCUT2D eigenvalue weighted by Gasteiger charge is 2.22. The largest absolute Gasteiger partial charge is 0.494 e. The van der Waals surface area contributed by atoms with E-state index >= 15 is 0 Å². The van der Waals surface area contributed by atoms with Crippen molar-refractivity contribution in [1.82, 2.24) is 9.62 Å². The Balaban J connectivity index is 1.48. The van der Waals surface area contributed by atoms with Gasteiger partial charge >= 0.3 is 0 Å². The lowest BCUT2D eigenvalue weighted by Gasteiger charge is -2.32. The van der Waals surface area contributed by atoms with Crippen molar-refractivity contribution in [3.05, 3.63) is 54.1 Å². The first-order valence-corrected chi connectivity index (χ1v) is 12.8. The maximum atomic E-state index is 12.6. The molecule has 1 fully saturated rings. The van der Waals surface area contributed by atoms with Crippen LogP contribution in [0.3, 0.4) is 0 Å². The third-order valence-electron chi connectivity index (χ3n) is 5.30. The number of rotatable bonds is 9. The molecule has 29 heavy (non-hydrogen) atoms. The SMILES string of the molecule is CCOc1ccc(S(=O)(=O)NCC2CCN(Cc3ccccc3SC)CC2)cc1. The van der Waals surface area contributed by atoms with Crippen LogP contribution >= 0.6 is 11.8 Å². The molecule has 0 atom stereocenters. The van der Waals surface area contributed by atoms with Crippen LogP contribution in [0.1, 0.15) is 25.3 Å². The summed E-state index contributed by atoms with van der Waals surface area (Å²) in [4.78, 5) is 4.08. The third kappa shape index (κ3) is 6.22. The third-order valence-corrected chi connectivity index (χ3v) is 7.58. The Kier molecular flexibility index (Phi) is 8.00. The van der Waals surface area contributed by atoms with Gasteiger partial charge in [0.05, 0.1) is 11.5 Å². The highest BCUT2D eigenvalue weighted by Crippen LogP contribution is 2.24. The smallest absolute Gasteiger partial charge is 0.240 e. The molecule has 0 spiro atoms. The highest BCUT2D eigenvalue weighted by molar-refractivity contribution is 7.98. The molecule has 7 heteroatoms. The minimum Gasteiger partial charge on any atom is -0.494 e. The van der Waals surface area contributed by atoms with Crippen molar-refractivity contribution in [3.8, 4) is 5.75 Å². The van der Waals surface area contributed by atoms with Gasteiger partial charge < -0.3 is 4.74 Å². The van der Waals surface area contributed by atoms with Gasteiger partial charge in [-0.05, 0) is 80.9 Å². The van der Waals surface area contributed by atoms with E-state index in [0.29, 0.717) is 24.8 Å². The Labute approximate surface area is 178 Å². The molecule has 158 valence electrons. The topological polar surface area (TPSA) is 58.6 Å². The van der Waals surface area contributed by atoms with E-state index in [0.717, 1.165) is 32.5 Å². The van der Waals surface area contributed by atoms with E-state index in [-0.39, 0.29) is 4.90 Å². The number of likely N-dealkylation sites (tertiary alicyclic amines) is 1. The molecule has 1 heterocycles. The molecule has 5 nitrogen and oxygen atoms in total. The molecule has 0 aromatic heterocycles. The monoisotopic (exact) mass is 434 g/mol. The average molecular weight is 435 g/mol. The Morgan fingerprint density at radius 3 is 2.45 bits per heavy atom. The fraction of sp³-hybridized carbons (Fsp3) is 0.455. The Morgan fingerprint density at radius 2 is 1.79 bits per heavy atom. The molecule has 1 saturated heterocycles. The number of nitrogens with one attached hydrogen (secondary N) is 1. The van der Waals surface area contributed by atoms with Gasteiger partial charge in [0.2, 0.25) is 10.0 Å². The predicted molar refractivity (Wildman–Crippen MR) is 119 cm³/mol. The van der Waals surface area contributed by atoms with E-state index in [4.69, 9.17) is 4.74 Å². The standard InChI is InChI=1S/C22H30N2O3S2/c1-3-27-20-8-10-21(11-9-20)29(25,26)23-16-18-12-14-24(15-13-18)17-19-6-4-5-7-22(19)28-2/h4-11,18,23H,3,12-17H2,1-2H3. The van der Waals surface area contributed by atoms with Crippen molar-refractivity contribution < 1.29 is 13.2 Å². The molecule has 0 aliphatic carbocycles. The normalized spacial score (nSPS) is 16.1. The summed E-state index contributed by atoms with van der Waals surface area (Å²) >= 11 is 1.79. The molecule has 1 N–H and O–H groups in total. The maximum Gasteiger partial charge on any atom is 0.240 e. The molecule has 0 saturated carbocycles. The Morgan fingerprint density at radius 1 is 1.10 bits per heavy atom. The summed E-state index contributed by atoms with van der Waals surface area (Å²) in [5, 5.41) is 0. The minimum atomic E-state index is -3.48. The van der Waals surface area contributed by atoms with Crippen LogP contribution in [0.4, 0.5) is 0 Å². The van der Waals surface area contributed by atoms with Crippen LogP contribution < -0.4 is 9.46 Å². The summed E-state index contributed by atoms with van der Waals surface area (Å²) in [6.07, 6.45) is 4.13. The molecule has 0 amide bonds. The van der Waals surface area contributed by atoms with E-state index in [1.54, 1.807) is 36.0 Å². The maximum absolute atomic E-state index is 12.6. The molecule has 2 aromatic rings. The first kappa shape index (κ1) is 22.2. The van der Waals surface area contributed by atoms with Crippen molar-refractivity contribution in [2.24, 2.45) is 5.92 Å². The summed E-state index contributed by atoms with van der Waals surface area (Å²) < 4.78 is 33.3. The zero-order valence-corrected chi connectivity index (χ0v) is 18.8. The van der Waals surface area contributed by atoms with E-state index in [1.165, 1.54) is 10.5 Å². The van der Waals surface area contributed by atoms with Crippen molar-refractivity contribution in [3.63, 3.8) is 0 Å². The van der Waals surface area contributed by atoms with Crippen molar-refractivity contribution in [2.45, 2.75) is 36.1 Å². The number of piperidine rings is 1. The zero-order valence-electron chi connectivity index (χ0n) is 17.1. The van der Waals surface area contributed by atoms with Gasteiger partial charge in [-0.15, -0.1) is 11.8 Å². The van der Waals surface area contributed by atoms with Crippen LogP contribution in [-0.2, 0) is 16.6 Å². The number of nitrogens with zero attached hydrogens (tertiary/aromatic N) is 1. The fourth-order valence-corrected chi connectivity index (χ4v) is 5.34. The molecular weight excluding hydrogens is 404 g/mol. The van der Waals surface area contributed by atoms with Crippen molar-refractivity contribution in [2.75, 3.05) is 32.5 Å². The van der Waals surface area contributed by atoms with E-state index in [2.05, 4.69) is 40.1 Å². The van der Waals surface area contributed by atoms with Crippen LogP contribution in [0.2, 0.25) is 0 Å². The van der Waals surface area contributed by atoms with Crippen LogP contribution in [0, 0.1) is 5.92 Å². The number of sulfonamides is 1. The fourth-order valence-electron chi connectivity index (χ4n) is 3.62. The minimum absolute atomic E-state index is 0.284. The van der Waals surface area contributed by atoms with Crippen molar-refractivity contribution >= 4 is 21.8 Å². The number of hydrogen-bond donors (Lipinski definition) is 1. The van der Waals surface area contributed by atoms with Crippen molar-refractivity contribution in [1.29, 1.82) is 0 Å². The molecule has 0 bridgehead atoms. The zero-order chi connectivity index (χ0) is 20.7. The first-order valence-electron chi connectivity index (χ1n) is 10.1. The molecule has 1 aliphatic heterocycles. The van der Waals surface area contributed by atoms with Crippen LogP contribution in [-0.4, -0.2) is 45.8 Å². The van der Waals surface area contributed by atoms with Gasteiger partial charge in [-0.3, -0.25) is 4.90 Å². The van der Waals surface area contributed by atoms with Gasteiger partial charge in [-0.25, -0.2) is 13.1 Å². The predicted octanol–water partition coefficient (Wildman–Crippen LogP) is 4.00. The summed E-state index contributed by atoms with van der Waals surface area (Å²) in [6.45, 7) is 5.91. The molecule has 3 rings (SSSR count). The summed E-state index contributed by atoms with van der Waals surface area (Å²) in [6, 6.07) is 15.1. The van der Waals surface area contributed by atoms with Gasteiger partial charge in [0.1, 0.15) is 5.75 Å². The van der Waals surface area contributed by atoms with Crippen LogP contribution in [0.15, 0.2) is 58.3 Å². The van der Waals surface area contributed by atoms with Gasteiger partial charge in [0, 0.05) is 18.0 Å². The second-order valence-corrected chi connectivity index (χ2v) is 9.90. The van der Waals surface area contributed by atoms with Gasteiger partial charge in [0.25, 0.3) is 0 Å². The number of benzene rings is 2. The highest BCUT2D eigenvalue weighted by atomic mass is 32.2. The number of ether oxygens (including phenoxy) is 1. The van der Waals surface area contributed by atoms with E-state index < -0.39 is 10.0 Å². The molecule has 2 aromatic carbocycles. The number of hydrogen-bond acceptors (Lipinski definition) is 5. The summed E-state index contributed by atoms with van der Waals surface area (Å²) in [7, 11) is -3.48. The molecule has 0 radical (unpaired) electrons. The van der Waals surface area contributed by atoms with Gasteiger partial charge in [-0.1, -0.05) is 18.2 Å². The van der Waals surface area contributed by atoms with Gasteiger partial charge in [-0.2, -0.15) is 0 Å². The van der Waals surface area contributed by atoms with E-state index in [9.17, 15) is 8.42 Å². The van der Waals surface area contributed by atoms with E-state index in [1.807, 2.05) is 6.92 Å². The quantitative estimate of drug-likeness (QED) is 0.605. The Hall–Kier alpha value is -1.54. The van der Waals surface area contributed by atoms with Gasteiger partial charge in [0.15, 0.2) is 0 Å². The number of thioether (sulfide) groups is 1.